The first kappa shape index (κ1) is 27.2. The zero-order valence-electron chi connectivity index (χ0n) is 21.9. The van der Waals surface area contributed by atoms with Gasteiger partial charge in [0.1, 0.15) is 12.1 Å². The number of ketones is 1. The lowest BCUT2D eigenvalue weighted by atomic mass is 9.87. The Balaban J connectivity index is 1.40. The largest absolute Gasteiger partial charge is 0.618 e. The minimum Gasteiger partial charge on any atom is -0.618 e. The molecule has 12 heteroatoms. The van der Waals surface area contributed by atoms with Crippen molar-refractivity contribution in [2.24, 2.45) is 5.41 Å². The highest BCUT2D eigenvalue weighted by atomic mass is 32.2. The minimum atomic E-state index is -4.27. The predicted molar refractivity (Wildman–Crippen MR) is 145 cm³/mol. The van der Waals surface area contributed by atoms with E-state index in [-0.39, 0.29) is 29.0 Å². The zero-order chi connectivity index (χ0) is 28.1. The van der Waals surface area contributed by atoms with Gasteiger partial charge in [0, 0.05) is 34.1 Å². The van der Waals surface area contributed by atoms with Crippen LogP contribution in [0.1, 0.15) is 44.0 Å². The van der Waals surface area contributed by atoms with Crippen LogP contribution in [0.25, 0.3) is 10.1 Å². The standard InChI is InChI=1S/C27H30N4O6S2/c1-27(2,3)14-19(28-25(33)18-16-38-22-9-5-4-8-17(18)22)26(34)29-13-11-20-24(29)21(32)15-31(20)39(36,37)23-10-6-7-12-30(23)35/h4-10,12,16,19-20,24H,11,13-15H2,1-3H3,(H,28,33). The molecule has 206 valence electrons. The van der Waals surface area contributed by atoms with Crippen molar-refractivity contribution in [3.05, 3.63) is 64.8 Å². The molecule has 39 heavy (non-hydrogen) atoms. The Morgan fingerprint density at radius 2 is 1.90 bits per heavy atom. The van der Waals surface area contributed by atoms with E-state index in [0.29, 0.717) is 12.0 Å². The third kappa shape index (κ3) is 5.04. The Kier molecular flexibility index (Phi) is 6.98. The number of carbonyl (C=O) groups is 3. The highest BCUT2D eigenvalue weighted by Crippen LogP contribution is 2.35. The Morgan fingerprint density at radius 1 is 1.18 bits per heavy atom. The second-order valence-corrected chi connectivity index (χ2v) is 13.9. The molecule has 0 saturated carbocycles. The molecule has 0 aliphatic carbocycles. The molecular formula is C27H30N4O6S2. The number of nitrogens with one attached hydrogen (secondary N) is 1. The van der Waals surface area contributed by atoms with Gasteiger partial charge >= 0.3 is 15.0 Å². The average Bonchev–Trinajstić information content (AvgIpc) is 3.58. The summed E-state index contributed by atoms with van der Waals surface area (Å²) in [4.78, 5) is 41.8. The van der Waals surface area contributed by atoms with Crippen molar-refractivity contribution in [1.29, 1.82) is 0 Å². The molecule has 4 heterocycles. The predicted octanol–water partition coefficient (Wildman–Crippen LogP) is 2.31. The van der Waals surface area contributed by atoms with Crippen molar-refractivity contribution in [1.82, 2.24) is 14.5 Å². The number of amides is 2. The first-order valence-electron chi connectivity index (χ1n) is 12.7. The van der Waals surface area contributed by atoms with E-state index in [2.05, 4.69) is 5.32 Å². The zero-order valence-corrected chi connectivity index (χ0v) is 23.5. The third-order valence-corrected chi connectivity index (χ3v) is 9.99. The summed E-state index contributed by atoms with van der Waals surface area (Å²) in [6.45, 7) is 5.61. The fourth-order valence-electron chi connectivity index (χ4n) is 5.48. The summed E-state index contributed by atoms with van der Waals surface area (Å²) in [6, 6.07) is 8.92. The topological polar surface area (TPSA) is 131 Å². The van der Waals surface area contributed by atoms with Gasteiger partial charge in [-0.25, -0.2) is 8.42 Å². The number of benzene rings is 1. The van der Waals surface area contributed by atoms with Gasteiger partial charge in [0.25, 0.3) is 5.91 Å². The van der Waals surface area contributed by atoms with Crippen LogP contribution in [0, 0.1) is 10.6 Å². The smallest absolute Gasteiger partial charge is 0.323 e. The lowest BCUT2D eigenvalue weighted by molar-refractivity contribution is -0.646. The Labute approximate surface area is 230 Å². The number of aromatic nitrogens is 1. The number of carbonyl (C=O) groups excluding carboxylic acids is 3. The molecule has 5 rings (SSSR count). The van der Waals surface area contributed by atoms with E-state index in [9.17, 15) is 28.0 Å². The summed E-state index contributed by atoms with van der Waals surface area (Å²) in [5.41, 5.74) is 0.151. The Morgan fingerprint density at radius 3 is 2.62 bits per heavy atom. The number of Topliss-reactive ketones (excluding diaryl/α,β-unsaturated/α-hetero) is 1. The van der Waals surface area contributed by atoms with Crippen molar-refractivity contribution in [2.45, 2.75) is 56.8 Å². The number of thiophene rings is 1. The summed E-state index contributed by atoms with van der Waals surface area (Å²) in [6.07, 6.45) is 1.66. The lowest BCUT2D eigenvalue weighted by Crippen LogP contribution is -2.53. The number of rotatable bonds is 6. The van der Waals surface area contributed by atoms with Crippen LogP contribution in [0.3, 0.4) is 0 Å². The first-order chi connectivity index (χ1) is 18.4. The fraction of sp³-hybridized carbons (Fsp3) is 0.407. The molecule has 3 unspecified atom stereocenters. The van der Waals surface area contributed by atoms with E-state index in [4.69, 9.17) is 0 Å². The third-order valence-electron chi connectivity index (χ3n) is 7.17. The molecule has 1 aromatic carbocycles. The monoisotopic (exact) mass is 570 g/mol. The lowest BCUT2D eigenvalue weighted by Gasteiger charge is -2.31. The Bertz CT molecular complexity index is 1560. The van der Waals surface area contributed by atoms with Crippen LogP contribution in [0.4, 0.5) is 0 Å². The van der Waals surface area contributed by atoms with Crippen LogP contribution in [-0.2, 0) is 19.6 Å². The molecule has 3 aromatic rings. The summed E-state index contributed by atoms with van der Waals surface area (Å²) >= 11 is 1.44. The van der Waals surface area contributed by atoms with Gasteiger partial charge in [-0.15, -0.1) is 11.3 Å². The summed E-state index contributed by atoms with van der Waals surface area (Å²) in [5.74, 6) is -1.21. The summed E-state index contributed by atoms with van der Waals surface area (Å²) in [5, 5.41) is 17.2. The van der Waals surface area contributed by atoms with Crippen LogP contribution in [0.2, 0.25) is 0 Å². The van der Waals surface area contributed by atoms with Crippen molar-refractivity contribution in [3.8, 4) is 0 Å². The van der Waals surface area contributed by atoms with Gasteiger partial charge in [-0.3, -0.25) is 14.4 Å². The first-order valence-corrected chi connectivity index (χ1v) is 15.0. The molecule has 2 amide bonds. The van der Waals surface area contributed by atoms with Crippen LogP contribution < -0.4 is 10.0 Å². The van der Waals surface area contributed by atoms with Crippen LogP contribution in [0.15, 0.2) is 59.1 Å². The molecule has 0 bridgehead atoms. The van der Waals surface area contributed by atoms with Crippen molar-refractivity contribution in [3.63, 3.8) is 0 Å². The minimum absolute atomic E-state index is 0.163. The maximum absolute atomic E-state index is 13.9. The van der Waals surface area contributed by atoms with Crippen molar-refractivity contribution >= 4 is 49.0 Å². The molecule has 2 aliphatic rings. The molecule has 0 spiro atoms. The van der Waals surface area contributed by atoms with Gasteiger partial charge < -0.3 is 15.4 Å². The second-order valence-electron chi connectivity index (χ2n) is 11.2. The average molecular weight is 571 g/mol. The highest BCUT2D eigenvalue weighted by Gasteiger charge is 2.55. The van der Waals surface area contributed by atoms with Gasteiger partial charge in [0.2, 0.25) is 5.91 Å². The molecule has 1 N–H and O–H groups in total. The molecule has 0 radical (unpaired) electrons. The van der Waals surface area contributed by atoms with Gasteiger partial charge in [-0.05, 0) is 30.4 Å². The number of fused-ring (bicyclic) bond motifs is 2. The van der Waals surface area contributed by atoms with Crippen LogP contribution >= 0.6 is 11.3 Å². The van der Waals surface area contributed by atoms with E-state index in [1.165, 1.54) is 34.4 Å². The van der Waals surface area contributed by atoms with E-state index in [1.807, 2.05) is 45.0 Å². The van der Waals surface area contributed by atoms with Crippen LogP contribution in [0.5, 0.6) is 0 Å². The number of hydrogen-bond acceptors (Lipinski definition) is 7. The van der Waals surface area contributed by atoms with E-state index >= 15 is 0 Å². The maximum atomic E-state index is 13.9. The number of nitrogens with zero attached hydrogens (tertiary/aromatic N) is 3. The van der Waals surface area contributed by atoms with Gasteiger partial charge in [0.05, 0.1) is 18.2 Å². The maximum Gasteiger partial charge on any atom is 0.323 e. The van der Waals surface area contributed by atoms with Gasteiger partial charge in [-0.1, -0.05) is 39.0 Å². The molecule has 10 nitrogen and oxygen atoms in total. The SMILES string of the molecule is CC(C)(C)CC(NC(=O)c1csc2ccccc12)C(=O)N1CCC2C1C(=O)CN2S(=O)(=O)c1cccc[n+]1[O-]. The fourth-order valence-corrected chi connectivity index (χ4v) is 8.07. The normalized spacial score (nSPS) is 20.8. The van der Waals surface area contributed by atoms with E-state index in [1.54, 1.807) is 5.38 Å². The van der Waals surface area contributed by atoms with E-state index in [0.717, 1.165) is 20.6 Å². The van der Waals surface area contributed by atoms with Crippen molar-refractivity contribution in [2.75, 3.05) is 13.1 Å². The van der Waals surface area contributed by atoms with Crippen LogP contribution in [-0.4, -0.2) is 66.4 Å². The number of pyridine rings is 1. The second kappa shape index (κ2) is 10.00. The molecule has 2 saturated heterocycles. The number of hydrogen-bond donors (Lipinski definition) is 1. The quantitative estimate of drug-likeness (QED) is 0.358. The highest BCUT2D eigenvalue weighted by molar-refractivity contribution is 7.89. The summed E-state index contributed by atoms with van der Waals surface area (Å²) in [7, 11) is -4.27. The molecule has 3 atom stereocenters. The molecular weight excluding hydrogens is 540 g/mol. The van der Waals surface area contributed by atoms with E-state index < -0.39 is 51.4 Å². The van der Waals surface area contributed by atoms with Gasteiger partial charge in [-0.2, -0.15) is 9.04 Å². The summed E-state index contributed by atoms with van der Waals surface area (Å²) < 4.78 is 28.9. The Hall–Kier alpha value is -3.35. The van der Waals surface area contributed by atoms with Gasteiger partial charge in [0.15, 0.2) is 12.0 Å². The van der Waals surface area contributed by atoms with Crippen molar-refractivity contribution < 1.29 is 27.5 Å². The molecule has 2 aliphatic heterocycles. The molecule has 2 fully saturated rings. The number of likely N-dealkylation sites (tertiary alicyclic amines) is 1. The number of sulfonamides is 1. The molecule has 2 aromatic heterocycles.